The van der Waals surface area contributed by atoms with Crippen LogP contribution >= 0.6 is 0 Å². The molecule has 0 N–H and O–H groups in total. The van der Waals surface area contributed by atoms with Gasteiger partial charge in [0.15, 0.2) is 0 Å². The van der Waals surface area contributed by atoms with Crippen LogP contribution in [0.15, 0.2) is 42.5 Å². The summed E-state index contributed by atoms with van der Waals surface area (Å²) >= 11 is 0. The van der Waals surface area contributed by atoms with E-state index >= 15 is 0 Å². The van der Waals surface area contributed by atoms with Crippen LogP contribution in [0.3, 0.4) is 0 Å². The summed E-state index contributed by atoms with van der Waals surface area (Å²) in [6.45, 7) is 4.47. The fraction of sp³-hybridized carbons (Fsp3) is 0.517. The molecule has 0 radical (unpaired) electrons. The normalized spacial score (nSPS) is 18.2. The van der Waals surface area contributed by atoms with Gasteiger partial charge in [0.05, 0.1) is 11.1 Å². The van der Waals surface area contributed by atoms with Gasteiger partial charge < -0.3 is 4.74 Å². The molecular weight excluding hydrogens is 394 g/mol. The second-order valence-electron chi connectivity index (χ2n) is 9.27. The topological polar surface area (TPSA) is 50.1 Å². The second-order valence-corrected chi connectivity index (χ2v) is 9.27. The number of benzene rings is 2. The first-order valence-electron chi connectivity index (χ1n) is 12.5. The molecule has 0 saturated heterocycles. The Balaban J connectivity index is 1.58. The van der Waals surface area contributed by atoms with E-state index in [1.165, 1.54) is 63.4 Å². The maximum absolute atomic E-state index is 12.7. The maximum Gasteiger partial charge on any atom is 0.343 e. The molecule has 0 bridgehead atoms. The zero-order valence-corrected chi connectivity index (χ0v) is 19.7. The molecule has 1 aliphatic carbocycles. The molecule has 3 heteroatoms. The van der Waals surface area contributed by atoms with Crippen molar-refractivity contribution in [2.24, 2.45) is 5.92 Å². The van der Waals surface area contributed by atoms with Gasteiger partial charge in [-0.1, -0.05) is 64.2 Å². The van der Waals surface area contributed by atoms with Crippen molar-refractivity contribution in [3.8, 4) is 11.8 Å². The molecular formula is C29H37NO2. The van der Waals surface area contributed by atoms with Gasteiger partial charge in [0.2, 0.25) is 0 Å². The van der Waals surface area contributed by atoms with E-state index in [4.69, 9.17) is 4.74 Å². The number of esters is 1. The van der Waals surface area contributed by atoms with Crippen molar-refractivity contribution in [3.05, 3.63) is 64.7 Å². The lowest BCUT2D eigenvalue weighted by molar-refractivity contribution is 0.0734. The molecule has 0 aromatic heterocycles. The van der Waals surface area contributed by atoms with Crippen LogP contribution in [0.4, 0.5) is 0 Å². The van der Waals surface area contributed by atoms with Gasteiger partial charge in [-0.3, -0.25) is 0 Å². The Hall–Kier alpha value is -2.60. The van der Waals surface area contributed by atoms with E-state index in [0.717, 1.165) is 24.3 Å². The van der Waals surface area contributed by atoms with Gasteiger partial charge in [-0.15, -0.1) is 0 Å². The van der Waals surface area contributed by atoms with Crippen LogP contribution in [0.25, 0.3) is 0 Å². The molecule has 0 amide bonds. The van der Waals surface area contributed by atoms with Crippen molar-refractivity contribution in [2.75, 3.05) is 0 Å². The average molecular weight is 432 g/mol. The average Bonchev–Trinajstić information content (AvgIpc) is 2.83. The fourth-order valence-electron chi connectivity index (χ4n) is 4.91. The molecule has 1 aliphatic rings. The molecule has 170 valence electrons. The minimum Gasteiger partial charge on any atom is -0.422 e. The maximum atomic E-state index is 12.7. The molecule has 2 aromatic carbocycles. The van der Waals surface area contributed by atoms with Crippen LogP contribution in [0.1, 0.15) is 111 Å². The van der Waals surface area contributed by atoms with Crippen molar-refractivity contribution in [3.63, 3.8) is 0 Å². The Morgan fingerprint density at radius 3 is 2.38 bits per heavy atom. The Morgan fingerprint density at radius 1 is 0.969 bits per heavy atom. The van der Waals surface area contributed by atoms with Gasteiger partial charge in [-0.05, 0) is 85.8 Å². The number of aryl methyl sites for hydroxylation is 1. The van der Waals surface area contributed by atoms with Crippen molar-refractivity contribution in [1.82, 2.24) is 0 Å². The van der Waals surface area contributed by atoms with Gasteiger partial charge in [0.1, 0.15) is 11.8 Å². The zero-order chi connectivity index (χ0) is 22.8. The van der Waals surface area contributed by atoms with Crippen molar-refractivity contribution < 1.29 is 9.53 Å². The molecule has 32 heavy (non-hydrogen) atoms. The monoisotopic (exact) mass is 431 g/mol. The molecule has 0 spiro atoms. The largest absolute Gasteiger partial charge is 0.422 e. The molecule has 0 aliphatic heterocycles. The molecule has 2 aromatic rings. The Bertz CT molecular complexity index is 902. The van der Waals surface area contributed by atoms with Crippen molar-refractivity contribution in [1.29, 1.82) is 5.26 Å². The van der Waals surface area contributed by atoms with E-state index < -0.39 is 5.97 Å². The number of carbonyl (C=O) groups is 1. The molecule has 0 heterocycles. The number of nitriles is 1. The lowest BCUT2D eigenvalue weighted by Gasteiger charge is -2.28. The van der Waals surface area contributed by atoms with Crippen molar-refractivity contribution in [2.45, 2.75) is 90.4 Å². The Kier molecular flexibility index (Phi) is 9.35. The summed E-state index contributed by atoms with van der Waals surface area (Å²) in [7, 11) is 0. The number of rotatable bonds is 10. The van der Waals surface area contributed by atoms with E-state index in [-0.39, 0.29) is 0 Å². The second kappa shape index (κ2) is 12.4. The first-order valence-corrected chi connectivity index (χ1v) is 12.5. The van der Waals surface area contributed by atoms with Crippen LogP contribution in [0.5, 0.6) is 5.75 Å². The fourth-order valence-corrected chi connectivity index (χ4v) is 4.91. The van der Waals surface area contributed by atoms with Crippen LogP contribution in [-0.4, -0.2) is 5.97 Å². The summed E-state index contributed by atoms with van der Waals surface area (Å²) in [6, 6.07) is 15.6. The molecule has 0 atom stereocenters. The highest BCUT2D eigenvalue weighted by Gasteiger charge is 2.22. The number of hydrogen-bond acceptors (Lipinski definition) is 3. The van der Waals surface area contributed by atoms with Crippen molar-refractivity contribution >= 4 is 5.97 Å². The first kappa shape index (κ1) is 24.1. The van der Waals surface area contributed by atoms with E-state index in [1.54, 1.807) is 6.07 Å². The summed E-state index contributed by atoms with van der Waals surface area (Å²) in [4.78, 5) is 12.7. The summed E-state index contributed by atoms with van der Waals surface area (Å²) < 4.78 is 5.59. The standard InChI is InChI=1S/C29H37NO2/c1-3-5-6-7-9-23-12-19-28(27(20-23)21-30)32-29(31)26-17-15-25(16-18-26)24-13-10-22(8-4-2)11-14-24/h12,15-20,22,24H,3-11,13-14H2,1-2H3. The third kappa shape index (κ3) is 6.70. The number of unbranched alkanes of at least 4 members (excludes halogenated alkanes) is 3. The summed E-state index contributed by atoms with van der Waals surface area (Å²) in [5.74, 6) is 1.43. The zero-order valence-electron chi connectivity index (χ0n) is 19.7. The number of carbonyl (C=O) groups excluding carboxylic acids is 1. The van der Waals surface area contributed by atoms with E-state index in [2.05, 4.69) is 32.0 Å². The smallest absolute Gasteiger partial charge is 0.343 e. The van der Waals surface area contributed by atoms with E-state index in [1.807, 2.05) is 24.3 Å². The van der Waals surface area contributed by atoms with Crippen LogP contribution in [0.2, 0.25) is 0 Å². The van der Waals surface area contributed by atoms with Gasteiger partial charge in [-0.2, -0.15) is 5.26 Å². The number of nitrogens with zero attached hydrogens (tertiary/aromatic N) is 1. The lowest BCUT2D eigenvalue weighted by Crippen LogP contribution is -2.14. The summed E-state index contributed by atoms with van der Waals surface area (Å²) in [5, 5.41) is 9.53. The third-order valence-electron chi connectivity index (χ3n) is 6.85. The number of hydrogen-bond donors (Lipinski definition) is 0. The Morgan fingerprint density at radius 2 is 1.72 bits per heavy atom. The van der Waals surface area contributed by atoms with Gasteiger partial charge in [0.25, 0.3) is 0 Å². The highest BCUT2D eigenvalue weighted by atomic mass is 16.5. The predicted octanol–water partition coefficient (Wildman–Crippen LogP) is 7.97. The summed E-state index contributed by atoms with van der Waals surface area (Å²) in [5.41, 5.74) is 3.39. The SMILES string of the molecule is CCCCCCc1ccc(OC(=O)c2ccc(C3CCC(CCC)CC3)cc2)c(C#N)c1. The molecule has 3 nitrogen and oxygen atoms in total. The number of ether oxygens (including phenoxy) is 1. The first-order chi connectivity index (χ1) is 15.6. The van der Waals surface area contributed by atoms with Gasteiger partial charge >= 0.3 is 5.97 Å². The molecule has 1 saturated carbocycles. The minimum atomic E-state index is -0.407. The highest BCUT2D eigenvalue weighted by Crippen LogP contribution is 2.37. The molecule has 1 fully saturated rings. The minimum absolute atomic E-state index is 0.341. The van der Waals surface area contributed by atoms with Crippen LogP contribution in [-0.2, 0) is 6.42 Å². The van der Waals surface area contributed by atoms with Crippen LogP contribution < -0.4 is 4.74 Å². The lowest BCUT2D eigenvalue weighted by atomic mass is 9.77. The van der Waals surface area contributed by atoms with Gasteiger partial charge in [-0.25, -0.2) is 4.79 Å². The van der Waals surface area contributed by atoms with Gasteiger partial charge in [0, 0.05) is 0 Å². The molecule has 3 rings (SSSR count). The predicted molar refractivity (Wildman–Crippen MR) is 130 cm³/mol. The van der Waals surface area contributed by atoms with Crippen LogP contribution in [0, 0.1) is 17.2 Å². The molecule has 0 unspecified atom stereocenters. The summed E-state index contributed by atoms with van der Waals surface area (Å²) in [6.07, 6.45) is 13.4. The van der Waals surface area contributed by atoms with E-state index in [0.29, 0.717) is 22.8 Å². The van der Waals surface area contributed by atoms with E-state index in [9.17, 15) is 10.1 Å². The third-order valence-corrected chi connectivity index (χ3v) is 6.85. The quantitative estimate of drug-likeness (QED) is 0.218. The Labute approximate surface area is 193 Å². The highest BCUT2D eigenvalue weighted by molar-refractivity contribution is 5.91.